The van der Waals surface area contributed by atoms with Gasteiger partial charge in [-0.1, -0.05) is 83.1 Å². The van der Waals surface area contributed by atoms with Gasteiger partial charge >= 0.3 is 0 Å². The van der Waals surface area contributed by atoms with E-state index in [2.05, 4.69) is 96.2 Å². The molecular weight excluding hydrogens is 312 g/mol. The van der Waals surface area contributed by atoms with Gasteiger partial charge in [-0.2, -0.15) is 0 Å². The molecule has 0 aromatic heterocycles. The van der Waals surface area contributed by atoms with Crippen molar-refractivity contribution in [3.63, 3.8) is 0 Å². The molecule has 0 rings (SSSR count). The lowest BCUT2D eigenvalue weighted by molar-refractivity contribution is 0.202. The van der Waals surface area contributed by atoms with Crippen LogP contribution in [0.5, 0.6) is 0 Å². The molecule has 0 aliphatic carbocycles. The number of hydrogen-bond donors (Lipinski definition) is 0. The van der Waals surface area contributed by atoms with E-state index >= 15 is 0 Å². The first-order valence-corrected chi connectivity index (χ1v) is 14.0. The van der Waals surface area contributed by atoms with Gasteiger partial charge in [0.25, 0.3) is 0 Å². The quantitative estimate of drug-likeness (QED) is 0.512. The Morgan fingerprint density at radius 2 is 0.652 bits per heavy atom. The molecule has 140 valence electrons. The predicted molar refractivity (Wildman–Crippen MR) is 112 cm³/mol. The summed E-state index contributed by atoms with van der Waals surface area (Å²) < 4.78 is 6.96. The summed E-state index contributed by atoms with van der Waals surface area (Å²) in [5, 5.41) is 0. The maximum Gasteiger partial charge on any atom is 0.163 e. The van der Waals surface area contributed by atoms with E-state index in [1.165, 1.54) is 0 Å². The Balaban J connectivity index is 5.44. The zero-order valence-corrected chi connectivity index (χ0v) is 21.0. The third kappa shape index (κ3) is 7.03. The molecular formula is C20H46OSi2. The van der Waals surface area contributed by atoms with Crippen LogP contribution in [0.4, 0.5) is 0 Å². The summed E-state index contributed by atoms with van der Waals surface area (Å²) in [7, 11) is -2.53. The molecule has 0 aliphatic heterocycles. The summed E-state index contributed by atoms with van der Waals surface area (Å²) in [5.74, 6) is 0. The molecule has 0 bridgehead atoms. The van der Waals surface area contributed by atoms with Crippen LogP contribution in [-0.4, -0.2) is 18.1 Å². The number of rotatable bonds is 4. The van der Waals surface area contributed by atoms with Crippen molar-refractivity contribution in [2.75, 3.05) is 0 Å². The Morgan fingerprint density at radius 1 is 0.478 bits per heavy atom. The average molecular weight is 359 g/mol. The molecule has 3 heteroatoms. The monoisotopic (exact) mass is 358 g/mol. The third-order valence-electron chi connectivity index (χ3n) is 5.10. The fourth-order valence-electron chi connectivity index (χ4n) is 5.91. The Kier molecular flexibility index (Phi) is 7.46. The minimum absolute atomic E-state index is 0.316. The summed E-state index contributed by atoms with van der Waals surface area (Å²) in [4.78, 5) is 0. The van der Waals surface area contributed by atoms with E-state index in [1.807, 2.05) is 0 Å². The Labute approximate surface area is 151 Å². The molecule has 0 N–H and O–H groups in total. The molecule has 0 aromatic carbocycles. The van der Waals surface area contributed by atoms with Gasteiger partial charge in [-0.3, -0.25) is 0 Å². The summed E-state index contributed by atoms with van der Waals surface area (Å²) in [6.07, 6.45) is 0. The van der Waals surface area contributed by atoms with Crippen molar-refractivity contribution in [1.82, 2.24) is 0 Å². The molecule has 0 saturated heterocycles. The van der Waals surface area contributed by atoms with Gasteiger partial charge < -0.3 is 4.12 Å². The zero-order valence-electron chi connectivity index (χ0n) is 18.7. The standard InChI is InChI=1S/C20H46OSi2/c1-17(2,3)15(18(4,5)6)22(13)21-23(14)16(19(7,8)9)20(10,11)12/h15-16,22-23H,1-14H3. The highest BCUT2D eigenvalue weighted by Crippen LogP contribution is 2.50. The minimum Gasteiger partial charge on any atom is -0.460 e. The van der Waals surface area contributed by atoms with Gasteiger partial charge in [0, 0.05) is 0 Å². The molecule has 1 nitrogen and oxygen atoms in total. The summed E-state index contributed by atoms with van der Waals surface area (Å²) in [5.41, 5.74) is 2.64. The highest BCUT2D eigenvalue weighted by atomic mass is 28.4. The highest BCUT2D eigenvalue weighted by Gasteiger charge is 2.44. The Bertz CT molecular complexity index is 299. The van der Waals surface area contributed by atoms with Crippen LogP contribution in [0.3, 0.4) is 0 Å². The van der Waals surface area contributed by atoms with Crippen molar-refractivity contribution < 1.29 is 4.12 Å². The fourth-order valence-corrected chi connectivity index (χ4v) is 15.5. The van der Waals surface area contributed by atoms with Crippen LogP contribution in [0.15, 0.2) is 0 Å². The molecule has 0 radical (unpaired) electrons. The second-order valence-electron chi connectivity index (χ2n) is 12.0. The van der Waals surface area contributed by atoms with Crippen LogP contribution in [-0.2, 0) is 4.12 Å². The van der Waals surface area contributed by atoms with E-state index in [9.17, 15) is 0 Å². The van der Waals surface area contributed by atoms with Crippen molar-refractivity contribution >= 4 is 18.1 Å². The van der Waals surface area contributed by atoms with Gasteiger partial charge in [-0.15, -0.1) is 0 Å². The van der Waals surface area contributed by atoms with E-state index in [0.717, 1.165) is 0 Å². The molecule has 2 atom stereocenters. The maximum absolute atomic E-state index is 6.96. The van der Waals surface area contributed by atoms with Crippen LogP contribution in [0.1, 0.15) is 83.1 Å². The third-order valence-corrected chi connectivity index (χ3v) is 14.4. The van der Waals surface area contributed by atoms with Gasteiger partial charge in [0.15, 0.2) is 18.1 Å². The lowest BCUT2D eigenvalue weighted by atomic mass is 9.76. The summed E-state index contributed by atoms with van der Waals surface area (Å²) in [6, 6.07) is 0. The van der Waals surface area contributed by atoms with Crippen molar-refractivity contribution in [2.45, 2.75) is 107 Å². The molecule has 0 fully saturated rings. The van der Waals surface area contributed by atoms with Crippen LogP contribution in [0.25, 0.3) is 0 Å². The SMILES string of the molecule is C[SiH](O[SiH](C)C(C(C)(C)C)C(C)(C)C)C(C(C)(C)C)C(C)(C)C. The Hall–Kier alpha value is 0.394. The lowest BCUT2D eigenvalue weighted by Gasteiger charge is -2.48. The topological polar surface area (TPSA) is 9.23 Å². The molecule has 0 amide bonds. The minimum atomic E-state index is -1.26. The van der Waals surface area contributed by atoms with E-state index in [4.69, 9.17) is 4.12 Å². The van der Waals surface area contributed by atoms with Crippen LogP contribution in [0, 0.1) is 21.7 Å². The van der Waals surface area contributed by atoms with E-state index in [0.29, 0.717) is 32.7 Å². The first-order chi connectivity index (χ1) is 9.79. The molecule has 0 heterocycles. The van der Waals surface area contributed by atoms with Gasteiger partial charge in [-0.25, -0.2) is 0 Å². The van der Waals surface area contributed by atoms with Gasteiger partial charge in [0.1, 0.15) is 0 Å². The van der Waals surface area contributed by atoms with Crippen molar-refractivity contribution in [1.29, 1.82) is 0 Å². The summed E-state index contributed by atoms with van der Waals surface area (Å²) >= 11 is 0. The smallest absolute Gasteiger partial charge is 0.163 e. The molecule has 0 saturated carbocycles. The Morgan fingerprint density at radius 3 is 0.783 bits per heavy atom. The van der Waals surface area contributed by atoms with Gasteiger partial charge in [-0.05, 0) is 45.8 Å². The average Bonchev–Trinajstić information content (AvgIpc) is 2.04. The molecule has 0 aliphatic rings. The van der Waals surface area contributed by atoms with E-state index in [1.54, 1.807) is 0 Å². The molecule has 0 aromatic rings. The highest BCUT2D eigenvalue weighted by molar-refractivity contribution is 6.66. The zero-order chi connectivity index (χ0) is 19.0. The first-order valence-electron chi connectivity index (χ1n) is 9.45. The van der Waals surface area contributed by atoms with Crippen molar-refractivity contribution in [3.05, 3.63) is 0 Å². The van der Waals surface area contributed by atoms with Crippen LogP contribution >= 0.6 is 0 Å². The van der Waals surface area contributed by atoms with Crippen molar-refractivity contribution in [2.24, 2.45) is 21.7 Å². The van der Waals surface area contributed by atoms with Crippen LogP contribution in [0.2, 0.25) is 24.2 Å². The second-order valence-corrected chi connectivity index (χ2v) is 17.2. The van der Waals surface area contributed by atoms with E-state index < -0.39 is 18.1 Å². The molecule has 2 unspecified atom stereocenters. The normalized spacial score (nSPS) is 17.7. The first kappa shape index (κ1) is 23.4. The van der Waals surface area contributed by atoms with Crippen molar-refractivity contribution in [3.8, 4) is 0 Å². The van der Waals surface area contributed by atoms with Gasteiger partial charge in [0.2, 0.25) is 0 Å². The molecule has 23 heavy (non-hydrogen) atoms. The second kappa shape index (κ2) is 7.33. The number of hydrogen-bond acceptors (Lipinski definition) is 1. The van der Waals surface area contributed by atoms with Gasteiger partial charge in [0.05, 0.1) is 0 Å². The predicted octanol–water partition coefficient (Wildman–Crippen LogP) is 6.64. The fraction of sp³-hybridized carbons (Fsp3) is 1.00. The maximum atomic E-state index is 6.96. The summed E-state index contributed by atoms with van der Waals surface area (Å²) in [6.45, 7) is 33.7. The lowest BCUT2D eigenvalue weighted by Crippen LogP contribution is -2.46. The largest absolute Gasteiger partial charge is 0.460 e. The van der Waals surface area contributed by atoms with Crippen LogP contribution < -0.4 is 0 Å². The molecule has 0 spiro atoms. The van der Waals surface area contributed by atoms with E-state index in [-0.39, 0.29) is 0 Å².